The molecule has 0 unspecified atom stereocenters. The Bertz CT molecular complexity index is 470. The molecule has 0 heterocycles. The predicted molar refractivity (Wildman–Crippen MR) is 77.8 cm³/mol. The monoisotopic (exact) mass is 224 g/mol. The van der Waals surface area contributed by atoms with Gasteiger partial charge in [-0.2, -0.15) is 0 Å². The second kappa shape index (κ2) is 6.05. The maximum Gasteiger partial charge on any atom is -0.0225 e. The van der Waals surface area contributed by atoms with Crippen molar-refractivity contribution in [3.63, 3.8) is 0 Å². The first-order valence-electron chi connectivity index (χ1n) is 5.78. The summed E-state index contributed by atoms with van der Waals surface area (Å²) < 4.78 is 0. The molecule has 0 atom stereocenters. The molecule has 0 fully saturated rings. The molecule has 0 aliphatic carbocycles. The van der Waals surface area contributed by atoms with Crippen LogP contribution in [-0.4, -0.2) is 0 Å². The first kappa shape index (κ1) is 13.2. The van der Waals surface area contributed by atoms with Gasteiger partial charge in [0.15, 0.2) is 0 Å². The van der Waals surface area contributed by atoms with Crippen LogP contribution in [0.5, 0.6) is 0 Å². The molecule has 17 heavy (non-hydrogen) atoms. The van der Waals surface area contributed by atoms with E-state index in [4.69, 9.17) is 0 Å². The van der Waals surface area contributed by atoms with Crippen LogP contribution in [0.1, 0.15) is 26.3 Å². The molecule has 1 aromatic rings. The third kappa shape index (κ3) is 3.92. The minimum absolute atomic E-state index is 0.977. The lowest BCUT2D eigenvalue weighted by Gasteiger charge is -2.04. The van der Waals surface area contributed by atoms with Crippen molar-refractivity contribution in [2.24, 2.45) is 0 Å². The highest BCUT2D eigenvalue weighted by Crippen LogP contribution is 2.19. The quantitative estimate of drug-likeness (QED) is 0.619. The van der Waals surface area contributed by atoms with Gasteiger partial charge in [0.25, 0.3) is 0 Å². The summed E-state index contributed by atoms with van der Waals surface area (Å²) in [5.74, 6) is 0. The van der Waals surface area contributed by atoms with E-state index in [0.717, 1.165) is 11.1 Å². The summed E-state index contributed by atoms with van der Waals surface area (Å²) in [7, 11) is 0. The van der Waals surface area contributed by atoms with Gasteiger partial charge >= 0.3 is 0 Å². The SMILES string of the molecule is C=C(C)C(=C)C=CC(C)=C(C)c1ccccc1. The van der Waals surface area contributed by atoms with Gasteiger partial charge in [0, 0.05) is 0 Å². The summed E-state index contributed by atoms with van der Waals surface area (Å²) >= 11 is 0. The Morgan fingerprint density at radius 3 is 2.06 bits per heavy atom. The molecule has 1 aromatic carbocycles. The normalized spacial score (nSPS) is 12.4. The first-order valence-corrected chi connectivity index (χ1v) is 5.78. The Labute approximate surface area is 105 Å². The van der Waals surface area contributed by atoms with Crippen LogP contribution in [0.25, 0.3) is 5.57 Å². The zero-order valence-corrected chi connectivity index (χ0v) is 11.0. The summed E-state index contributed by atoms with van der Waals surface area (Å²) in [5.41, 5.74) is 5.78. The lowest BCUT2D eigenvalue weighted by molar-refractivity contribution is 1.43. The molecule has 0 aliphatic rings. The first-order chi connectivity index (χ1) is 8.02. The van der Waals surface area contributed by atoms with E-state index in [2.05, 4.69) is 57.3 Å². The predicted octanol–water partition coefficient (Wildman–Crippen LogP) is 5.17. The molecule has 0 aliphatic heterocycles. The molecule has 0 heteroatoms. The second-order valence-corrected chi connectivity index (χ2v) is 4.31. The summed E-state index contributed by atoms with van der Waals surface area (Å²) in [6.45, 7) is 14.0. The number of benzene rings is 1. The van der Waals surface area contributed by atoms with Crippen molar-refractivity contribution in [2.45, 2.75) is 20.8 Å². The molecule has 0 amide bonds. The van der Waals surface area contributed by atoms with Crippen molar-refractivity contribution in [3.8, 4) is 0 Å². The number of hydrogen-bond donors (Lipinski definition) is 0. The topological polar surface area (TPSA) is 0 Å². The van der Waals surface area contributed by atoms with Crippen LogP contribution in [0.3, 0.4) is 0 Å². The van der Waals surface area contributed by atoms with E-state index in [1.54, 1.807) is 0 Å². The summed E-state index contributed by atoms with van der Waals surface area (Å²) in [6.07, 6.45) is 4.11. The zero-order chi connectivity index (χ0) is 12.8. The highest BCUT2D eigenvalue weighted by molar-refractivity contribution is 5.68. The van der Waals surface area contributed by atoms with Crippen molar-refractivity contribution in [1.29, 1.82) is 0 Å². The van der Waals surface area contributed by atoms with Crippen molar-refractivity contribution in [1.82, 2.24) is 0 Å². The molecular formula is C17H20. The standard InChI is InChI=1S/C17H20/c1-13(2)14(3)11-12-15(4)16(5)17-9-7-6-8-10-17/h6-12H,1,3H2,2,4-5H3. The third-order valence-electron chi connectivity index (χ3n) is 2.88. The van der Waals surface area contributed by atoms with Gasteiger partial charge in [0.05, 0.1) is 0 Å². The van der Waals surface area contributed by atoms with Gasteiger partial charge in [-0.05, 0) is 43.1 Å². The van der Waals surface area contributed by atoms with Crippen molar-refractivity contribution >= 4 is 5.57 Å². The van der Waals surface area contributed by atoms with Crippen LogP contribution in [0, 0.1) is 0 Å². The molecule has 88 valence electrons. The van der Waals surface area contributed by atoms with Crippen molar-refractivity contribution < 1.29 is 0 Å². The third-order valence-corrected chi connectivity index (χ3v) is 2.88. The van der Waals surface area contributed by atoms with Gasteiger partial charge in [-0.15, -0.1) is 0 Å². The lowest BCUT2D eigenvalue weighted by atomic mass is 10.0. The molecule has 0 radical (unpaired) electrons. The average molecular weight is 224 g/mol. The largest absolute Gasteiger partial charge is 0.0955 e. The minimum Gasteiger partial charge on any atom is -0.0955 e. The van der Waals surface area contributed by atoms with E-state index >= 15 is 0 Å². The smallest absolute Gasteiger partial charge is 0.0225 e. The Kier molecular flexibility index (Phi) is 4.71. The summed E-state index contributed by atoms with van der Waals surface area (Å²) in [5, 5.41) is 0. The zero-order valence-electron chi connectivity index (χ0n) is 11.0. The van der Waals surface area contributed by atoms with Gasteiger partial charge in [0.2, 0.25) is 0 Å². The van der Waals surface area contributed by atoms with Crippen LogP contribution >= 0.6 is 0 Å². The minimum atomic E-state index is 0.977. The maximum atomic E-state index is 3.95. The lowest BCUT2D eigenvalue weighted by Crippen LogP contribution is -1.83. The molecule has 0 nitrogen and oxygen atoms in total. The van der Waals surface area contributed by atoms with Gasteiger partial charge < -0.3 is 0 Å². The average Bonchev–Trinajstić information content (AvgIpc) is 2.35. The van der Waals surface area contributed by atoms with E-state index < -0.39 is 0 Å². The fourth-order valence-corrected chi connectivity index (χ4v) is 1.41. The fraction of sp³-hybridized carbons (Fsp3) is 0.176. The highest BCUT2D eigenvalue weighted by Gasteiger charge is 1.97. The Hall–Kier alpha value is -1.82. The molecule has 0 bridgehead atoms. The van der Waals surface area contributed by atoms with E-state index in [9.17, 15) is 0 Å². The van der Waals surface area contributed by atoms with Crippen molar-refractivity contribution in [3.05, 3.63) is 77.9 Å². The molecular weight excluding hydrogens is 204 g/mol. The molecule has 0 saturated carbocycles. The van der Waals surface area contributed by atoms with Gasteiger partial charge in [-0.3, -0.25) is 0 Å². The molecule has 0 N–H and O–H groups in total. The van der Waals surface area contributed by atoms with E-state index in [0.29, 0.717) is 0 Å². The van der Waals surface area contributed by atoms with Gasteiger partial charge in [0.1, 0.15) is 0 Å². The molecule has 0 saturated heterocycles. The molecule has 0 aromatic heterocycles. The van der Waals surface area contributed by atoms with Gasteiger partial charge in [-0.25, -0.2) is 0 Å². The van der Waals surface area contributed by atoms with E-state index in [1.165, 1.54) is 16.7 Å². The Morgan fingerprint density at radius 2 is 1.53 bits per heavy atom. The summed E-state index contributed by atoms with van der Waals surface area (Å²) in [4.78, 5) is 0. The van der Waals surface area contributed by atoms with E-state index in [1.807, 2.05) is 19.1 Å². The van der Waals surface area contributed by atoms with Gasteiger partial charge in [-0.1, -0.05) is 61.2 Å². The van der Waals surface area contributed by atoms with Crippen LogP contribution in [0.2, 0.25) is 0 Å². The van der Waals surface area contributed by atoms with Crippen LogP contribution in [0.4, 0.5) is 0 Å². The summed E-state index contributed by atoms with van der Waals surface area (Å²) in [6, 6.07) is 10.4. The number of allylic oxidation sites excluding steroid dienone is 6. The molecule has 0 spiro atoms. The van der Waals surface area contributed by atoms with Crippen LogP contribution in [-0.2, 0) is 0 Å². The highest BCUT2D eigenvalue weighted by atomic mass is 14.0. The van der Waals surface area contributed by atoms with Crippen LogP contribution in [0.15, 0.2) is 72.4 Å². The maximum absolute atomic E-state index is 3.95. The number of rotatable bonds is 4. The van der Waals surface area contributed by atoms with E-state index in [-0.39, 0.29) is 0 Å². The van der Waals surface area contributed by atoms with Crippen molar-refractivity contribution in [2.75, 3.05) is 0 Å². The van der Waals surface area contributed by atoms with Crippen LogP contribution < -0.4 is 0 Å². The Balaban J connectivity index is 2.92. The number of hydrogen-bond acceptors (Lipinski definition) is 0. The fourth-order valence-electron chi connectivity index (χ4n) is 1.41. The second-order valence-electron chi connectivity index (χ2n) is 4.31. The Morgan fingerprint density at radius 1 is 0.941 bits per heavy atom. The molecule has 1 rings (SSSR count).